The van der Waals surface area contributed by atoms with Crippen LogP contribution < -0.4 is 0 Å². The third-order valence-electron chi connectivity index (χ3n) is 6.56. The van der Waals surface area contributed by atoms with Crippen molar-refractivity contribution in [3.63, 3.8) is 0 Å². The van der Waals surface area contributed by atoms with Crippen molar-refractivity contribution in [3.8, 4) is 0 Å². The lowest BCUT2D eigenvalue weighted by molar-refractivity contribution is -0.00852. The molecule has 2 saturated heterocycles. The van der Waals surface area contributed by atoms with Gasteiger partial charge in [-0.25, -0.2) is 0 Å². The predicted molar refractivity (Wildman–Crippen MR) is 106 cm³/mol. The quantitative estimate of drug-likeness (QED) is 0.449. The highest BCUT2D eigenvalue weighted by atomic mass is 16.6. The van der Waals surface area contributed by atoms with E-state index in [1.165, 1.54) is 62.5 Å². The Morgan fingerprint density at radius 3 is 2.08 bits per heavy atom. The summed E-state index contributed by atoms with van der Waals surface area (Å²) in [5, 5.41) is 0. The molecule has 0 bridgehead atoms. The Hall–Kier alpha value is -1.12. The average Bonchev–Trinajstić information content (AvgIpc) is 3.54. The van der Waals surface area contributed by atoms with Gasteiger partial charge in [0, 0.05) is 5.92 Å². The van der Waals surface area contributed by atoms with Crippen molar-refractivity contribution in [1.29, 1.82) is 0 Å². The number of rotatable bonds is 6. The van der Waals surface area contributed by atoms with Gasteiger partial charge in [0.25, 0.3) is 0 Å². The molecule has 2 nitrogen and oxygen atoms in total. The summed E-state index contributed by atoms with van der Waals surface area (Å²) in [4.78, 5) is 0. The molecule has 0 amide bonds. The van der Waals surface area contributed by atoms with E-state index in [9.17, 15) is 0 Å². The first-order valence-corrected chi connectivity index (χ1v) is 10.8. The molecule has 2 heterocycles. The van der Waals surface area contributed by atoms with Gasteiger partial charge in [-0.2, -0.15) is 0 Å². The molecule has 1 aromatic rings. The minimum absolute atomic E-state index is 0.381. The lowest BCUT2D eigenvalue weighted by Gasteiger charge is -2.29. The highest BCUT2D eigenvalue weighted by Gasteiger charge is 2.26. The van der Waals surface area contributed by atoms with E-state index in [-0.39, 0.29) is 0 Å². The van der Waals surface area contributed by atoms with Crippen LogP contribution in [-0.4, -0.2) is 19.3 Å². The largest absolute Gasteiger partial charge is 0.378 e. The Morgan fingerprint density at radius 1 is 0.808 bits per heavy atom. The van der Waals surface area contributed by atoms with Gasteiger partial charge in [0.2, 0.25) is 0 Å². The number of epoxide rings is 1. The van der Waals surface area contributed by atoms with Crippen LogP contribution in [0.4, 0.5) is 0 Å². The molecular formula is C24H34O2. The molecule has 3 unspecified atom stereocenters. The Morgan fingerprint density at radius 2 is 1.46 bits per heavy atom. The fourth-order valence-corrected chi connectivity index (χ4v) is 4.71. The zero-order valence-electron chi connectivity index (χ0n) is 16.2. The normalized spacial score (nSPS) is 34.9. The van der Waals surface area contributed by atoms with Gasteiger partial charge in [0.1, 0.15) is 6.10 Å². The number of allylic oxidation sites excluding steroid dienone is 1. The molecule has 2 aliphatic heterocycles. The second-order valence-electron chi connectivity index (χ2n) is 8.57. The van der Waals surface area contributed by atoms with E-state index < -0.39 is 0 Å². The number of benzene rings is 1. The average molecular weight is 355 g/mol. The Kier molecular flexibility index (Phi) is 6.12. The van der Waals surface area contributed by atoms with Crippen LogP contribution in [0.25, 0.3) is 0 Å². The predicted octanol–water partition coefficient (Wildman–Crippen LogP) is 6.18. The van der Waals surface area contributed by atoms with E-state index >= 15 is 0 Å². The van der Waals surface area contributed by atoms with Gasteiger partial charge >= 0.3 is 0 Å². The van der Waals surface area contributed by atoms with Gasteiger partial charge in [-0.05, 0) is 67.9 Å². The Balaban J connectivity index is 1.21. The fraction of sp³-hybridized carbons (Fsp3) is 0.667. The smallest absolute Gasteiger partial charge is 0.106 e. The number of hydrogen-bond acceptors (Lipinski definition) is 2. The summed E-state index contributed by atoms with van der Waals surface area (Å²) in [6.07, 6.45) is 16.2. The molecule has 1 aliphatic carbocycles. The molecule has 0 spiro atoms. The van der Waals surface area contributed by atoms with Gasteiger partial charge < -0.3 is 9.47 Å². The van der Waals surface area contributed by atoms with E-state index in [4.69, 9.17) is 9.47 Å². The van der Waals surface area contributed by atoms with Crippen LogP contribution in [0.1, 0.15) is 81.4 Å². The SMILES string of the molecule is CCCC1CCC(/C=C/C2CCC(c3ccc(C4CO4)cc3)CC2)CO1. The molecule has 3 aliphatic rings. The van der Waals surface area contributed by atoms with Crippen LogP contribution in [0.2, 0.25) is 0 Å². The Labute approximate surface area is 159 Å². The van der Waals surface area contributed by atoms with Crippen LogP contribution in [0.15, 0.2) is 36.4 Å². The molecule has 26 heavy (non-hydrogen) atoms. The lowest BCUT2D eigenvalue weighted by atomic mass is 9.78. The van der Waals surface area contributed by atoms with Gasteiger partial charge in [-0.15, -0.1) is 0 Å². The molecular weight excluding hydrogens is 320 g/mol. The van der Waals surface area contributed by atoms with Crippen LogP contribution in [0, 0.1) is 11.8 Å². The molecule has 142 valence electrons. The molecule has 0 radical (unpaired) electrons. The number of ether oxygens (including phenoxy) is 2. The van der Waals surface area contributed by atoms with Crippen LogP contribution in [0.5, 0.6) is 0 Å². The van der Waals surface area contributed by atoms with E-state index in [0.29, 0.717) is 18.1 Å². The summed E-state index contributed by atoms with van der Waals surface area (Å²) in [7, 11) is 0. The molecule has 3 atom stereocenters. The molecule has 3 fully saturated rings. The third-order valence-corrected chi connectivity index (χ3v) is 6.56. The maximum atomic E-state index is 6.02. The number of hydrogen-bond donors (Lipinski definition) is 0. The summed E-state index contributed by atoms with van der Waals surface area (Å²) in [6.45, 7) is 4.09. The van der Waals surface area contributed by atoms with Gasteiger partial charge in [0.05, 0.1) is 19.3 Å². The van der Waals surface area contributed by atoms with Crippen molar-refractivity contribution in [2.75, 3.05) is 13.2 Å². The zero-order chi connectivity index (χ0) is 17.8. The molecule has 0 N–H and O–H groups in total. The first-order valence-electron chi connectivity index (χ1n) is 10.8. The van der Waals surface area contributed by atoms with Crippen molar-refractivity contribution in [3.05, 3.63) is 47.5 Å². The summed E-state index contributed by atoms with van der Waals surface area (Å²) in [5.74, 6) is 2.18. The van der Waals surface area contributed by atoms with Crippen molar-refractivity contribution >= 4 is 0 Å². The third kappa shape index (κ3) is 4.78. The molecule has 0 aromatic heterocycles. The second kappa shape index (κ2) is 8.71. The summed E-state index contributed by atoms with van der Waals surface area (Å²) >= 11 is 0. The van der Waals surface area contributed by atoms with E-state index in [0.717, 1.165) is 25.0 Å². The summed E-state index contributed by atoms with van der Waals surface area (Å²) < 4.78 is 11.4. The minimum Gasteiger partial charge on any atom is -0.378 e. The molecule has 1 saturated carbocycles. The van der Waals surface area contributed by atoms with Gasteiger partial charge in [0.15, 0.2) is 0 Å². The van der Waals surface area contributed by atoms with Crippen LogP contribution >= 0.6 is 0 Å². The van der Waals surface area contributed by atoms with Crippen molar-refractivity contribution in [2.45, 2.75) is 76.4 Å². The molecule has 2 heteroatoms. The topological polar surface area (TPSA) is 21.8 Å². The molecule has 1 aromatic carbocycles. The van der Waals surface area contributed by atoms with E-state index in [1.807, 2.05) is 0 Å². The highest BCUT2D eigenvalue weighted by molar-refractivity contribution is 5.28. The van der Waals surface area contributed by atoms with Crippen LogP contribution in [-0.2, 0) is 9.47 Å². The standard InChI is InChI=1S/C24H34O2/c1-2-3-23-15-8-19(16-25-23)5-4-18-6-9-20(10-7-18)21-11-13-22(14-12-21)24-17-26-24/h4-5,11-14,18-20,23-24H,2-3,6-10,15-17H2,1H3/b5-4+. The van der Waals surface area contributed by atoms with Crippen molar-refractivity contribution in [1.82, 2.24) is 0 Å². The summed E-state index contributed by atoms with van der Waals surface area (Å²) in [6, 6.07) is 9.22. The molecule has 4 rings (SSSR count). The summed E-state index contributed by atoms with van der Waals surface area (Å²) in [5.41, 5.74) is 2.88. The fourth-order valence-electron chi connectivity index (χ4n) is 4.71. The van der Waals surface area contributed by atoms with Crippen LogP contribution in [0.3, 0.4) is 0 Å². The first kappa shape index (κ1) is 18.3. The van der Waals surface area contributed by atoms with E-state index in [1.54, 1.807) is 0 Å². The zero-order valence-corrected chi connectivity index (χ0v) is 16.2. The lowest BCUT2D eigenvalue weighted by Crippen LogP contribution is -2.24. The van der Waals surface area contributed by atoms with Gasteiger partial charge in [-0.3, -0.25) is 0 Å². The second-order valence-corrected chi connectivity index (χ2v) is 8.57. The monoisotopic (exact) mass is 354 g/mol. The maximum absolute atomic E-state index is 6.02. The highest BCUT2D eigenvalue weighted by Crippen LogP contribution is 2.38. The van der Waals surface area contributed by atoms with E-state index in [2.05, 4.69) is 43.3 Å². The van der Waals surface area contributed by atoms with Gasteiger partial charge in [-0.1, -0.05) is 49.8 Å². The van der Waals surface area contributed by atoms with Crippen molar-refractivity contribution in [2.24, 2.45) is 11.8 Å². The van der Waals surface area contributed by atoms with Crippen molar-refractivity contribution < 1.29 is 9.47 Å². The first-order chi connectivity index (χ1) is 12.8. The minimum atomic E-state index is 0.381. The maximum Gasteiger partial charge on any atom is 0.106 e. The Bertz CT molecular complexity index is 571.